The minimum Gasteiger partial charge on any atom is -0.310 e. The number of hydrogen-bond acceptors (Lipinski definition) is 3. The summed E-state index contributed by atoms with van der Waals surface area (Å²) in [7, 11) is 0. The Morgan fingerprint density at radius 2 is 2.13 bits per heavy atom. The van der Waals surface area contributed by atoms with Gasteiger partial charge < -0.3 is 4.98 Å². The smallest absolute Gasteiger partial charge is 0.259 e. The van der Waals surface area contributed by atoms with Crippen LogP contribution in [0.25, 0.3) is 10.2 Å². The summed E-state index contributed by atoms with van der Waals surface area (Å²) in [5, 5.41) is 1.53. The van der Waals surface area contributed by atoms with Crippen LogP contribution in [0, 0.1) is 5.92 Å². The van der Waals surface area contributed by atoms with Gasteiger partial charge in [-0.15, -0.1) is 11.3 Å². The third-order valence-electron chi connectivity index (χ3n) is 4.50. The number of thiophene rings is 1. The molecule has 4 rings (SSSR count). The molecule has 1 N–H and O–H groups in total. The molecule has 0 fully saturated rings. The third-order valence-corrected chi connectivity index (χ3v) is 5.90. The highest BCUT2D eigenvalue weighted by Crippen LogP contribution is 2.35. The average Bonchev–Trinajstić information content (AvgIpc) is 2.87. The number of nitrogens with one attached hydrogen (secondary N) is 1. The van der Waals surface area contributed by atoms with Gasteiger partial charge in [-0.3, -0.25) is 4.79 Å². The van der Waals surface area contributed by atoms with Crippen molar-refractivity contribution in [3.05, 3.63) is 61.5 Å². The highest BCUT2D eigenvalue weighted by Gasteiger charge is 2.22. The van der Waals surface area contributed by atoms with Crippen molar-refractivity contribution < 1.29 is 0 Å². The Labute approximate surface area is 143 Å². The van der Waals surface area contributed by atoms with Gasteiger partial charge >= 0.3 is 0 Å². The van der Waals surface area contributed by atoms with Crippen LogP contribution in [0.2, 0.25) is 5.02 Å². The van der Waals surface area contributed by atoms with Gasteiger partial charge in [-0.05, 0) is 48.4 Å². The van der Waals surface area contributed by atoms with Gasteiger partial charge in [0.1, 0.15) is 10.7 Å². The molecule has 0 amide bonds. The van der Waals surface area contributed by atoms with Gasteiger partial charge in [0, 0.05) is 16.3 Å². The third kappa shape index (κ3) is 2.81. The summed E-state index contributed by atoms with van der Waals surface area (Å²) in [6.07, 6.45) is 3.84. The molecule has 2 heterocycles. The molecule has 1 aliphatic rings. The fourth-order valence-corrected chi connectivity index (χ4v) is 4.80. The van der Waals surface area contributed by atoms with E-state index in [4.69, 9.17) is 16.6 Å². The van der Waals surface area contributed by atoms with Crippen LogP contribution < -0.4 is 5.56 Å². The van der Waals surface area contributed by atoms with E-state index >= 15 is 0 Å². The molecule has 3 nitrogen and oxygen atoms in total. The molecule has 1 aliphatic carbocycles. The minimum atomic E-state index is 0.00557. The van der Waals surface area contributed by atoms with Crippen LogP contribution in [-0.2, 0) is 19.3 Å². The number of hydrogen-bond donors (Lipinski definition) is 1. The van der Waals surface area contributed by atoms with E-state index in [1.807, 2.05) is 24.3 Å². The fourth-order valence-electron chi connectivity index (χ4n) is 3.27. The van der Waals surface area contributed by atoms with Crippen LogP contribution in [0.5, 0.6) is 0 Å². The van der Waals surface area contributed by atoms with Crippen molar-refractivity contribution >= 4 is 33.2 Å². The Balaban J connectivity index is 1.75. The molecule has 2 aromatic heterocycles. The number of aromatic nitrogens is 2. The van der Waals surface area contributed by atoms with Crippen molar-refractivity contribution in [2.75, 3.05) is 0 Å². The molecule has 0 bridgehead atoms. The average molecular weight is 345 g/mol. The summed E-state index contributed by atoms with van der Waals surface area (Å²) in [6.45, 7) is 2.27. The van der Waals surface area contributed by atoms with Gasteiger partial charge in [0.05, 0.1) is 5.39 Å². The second-order valence-electron chi connectivity index (χ2n) is 6.35. The van der Waals surface area contributed by atoms with Gasteiger partial charge in [-0.2, -0.15) is 0 Å². The lowest BCUT2D eigenvalue weighted by molar-refractivity contribution is 0.509. The summed E-state index contributed by atoms with van der Waals surface area (Å²) in [5.41, 5.74) is 2.33. The van der Waals surface area contributed by atoms with Crippen LogP contribution >= 0.6 is 22.9 Å². The van der Waals surface area contributed by atoms with Crippen LogP contribution in [0.3, 0.4) is 0 Å². The maximum Gasteiger partial charge on any atom is 0.259 e. The monoisotopic (exact) mass is 344 g/mol. The maximum absolute atomic E-state index is 12.5. The summed E-state index contributed by atoms with van der Waals surface area (Å²) in [5.74, 6) is 1.42. The van der Waals surface area contributed by atoms with E-state index in [-0.39, 0.29) is 5.56 Å². The van der Waals surface area contributed by atoms with E-state index in [9.17, 15) is 4.79 Å². The van der Waals surface area contributed by atoms with Crippen LogP contribution in [0.4, 0.5) is 0 Å². The highest BCUT2D eigenvalue weighted by atomic mass is 35.5. The molecule has 23 heavy (non-hydrogen) atoms. The van der Waals surface area contributed by atoms with E-state index in [0.29, 0.717) is 17.4 Å². The van der Waals surface area contributed by atoms with Gasteiger partial charge in [0.15, 0.2) is 0 Å². The van der Waals surface area contributed by atoms with E-state index in [1.165, 1.54) is 10.4 Å². The fraction of sp³-hybridized carbons (Fsp3) is 0.333. The highest BCUT2D eigenvalue weighted by molar-refractivity contribution is 7.18. The van der Waals surface area contributed by atoms with Gasteiger partial charge in [0.2, 0.25) is 0 Å². The van der Waals surface area contributed by atoms with Gasteiger partial charge in [-0.25, -0.2) is 4.98 Å². The number of aryl methyl sites for hydroxylation is 1. The first kappa shape index (κ1) is 14.9. The van der Waals surface area contributed by atoms with Crippen molar-refractivity contribution in [2.45, 2.75) is 32.6 Å². The first-order valence-electron chi connectivity index (χ1n) is 7.88. The zero-order valence-corrected chi connectivity index (χ0v) is 14.4. The van der Waals surface area contributed by atoms with Crippen LogP contribution in [0.1, 0.15) is 35.2 Å². The lowest BCUT2D eigenvalue weighted by Gasteiger charge is -2.17. The number of aromatic amines is 1. The topological polar surface area (TPSA) is 45.8 Å². The molecule has 0 spiro atoms. The lowest BCUT2D eigenvalue weighted by atomic mass is 9.89. The number of halogens is 1. The van der Waals surface area contributed by atoms with Crippen molar-refractivity contribution in [1.29, 1.82) is 0 Å². The van der Waals surface area contributed by atoms with Crippen molar-refractivity contribution in [2.24, 2.45) is 5.92 Å². The minimum absolute atomic E-state index is 0.00557. The Kier molecular flexibility index (Phi) is 3.74. The molecule has 3 aromatic rings. The summed E-state index contributed by atoms with van der Waals surface area (Å²) < 4.78 is 0. The van der Waals surface area contributed by atoms with Crippen molar-refractivity contribution in [1.82, 2.24) is 9.97 Å². The molecule has 1 unspecified atom stereocenters. The first-order chi connectivity index (χ1) is 11.1. The van der Waals surface area contributed by atoms with Gasteiger partial charge in [-0.1, -0.05) is 30.7 Å². The SMILES string of the molecule is CC1CCc2c(sc3nc(Cc4ccc(Cl)cc4)[nH]c(=O)c23)C1. The first-order valence-corrected chi connectivity index (χ1v) is 9.07. The van der Waals surface area contributed by atoms with Crippen LogP contribution in [0.15, 0.2) is 29.1 Å². The second kappa shape index (κ2) is 5.77. The number of rotatable bonds is 2. The van der Waals surface area contributed by atoms with E-state index in [1.54, 1.807) is 11.3 Å². The normalized spacial score (nSPS) is 17.4. The predicted octanol–water partition coefficient (Wildman–Crippen LogP) is 4.35. The molecule has 118 valence electrons. The van der Waals surface area contributed by atoms with Crippen molar-refractivity contribution in [3.8, 4) is 0 Å². The Morgan fingerprint density at radius 3 is 2.91 bits per heavy atom. The Morgan fingerprint density at radius 1 is 1.35 bits per heavy atom. The molecular weight excluding hydrogens is 328 g/mol. The van der Waals surface area contributed by atoms with Crippen LogP contribution in [-0.4, -0.2) is 9.97 Å². The number of H-pyrrole nitrogens is 1. The zero-order chi connectivity index (χ0) is 16.0. The number of fused-ring (bicyclic) bond motifs is 3. The zero-order valence-electron chi connectivity index (χ0n) is 12.9. The predicted molar refractivity (Wildman–Crippen MR) is 95.7 cm³/mol. The second-order valence-corrected chi connectivity index (χ2v) is 7.87. The molecule has 0 radical (unpaired) electrons. The van der Waals surface area contributed by atoms with E-state index in [0.717, 1.165) is 40.9 Å². The Hall–Kier alpha value is -1.65. The quantitative estimate of drug-likeness (QED) is 0.751. The molecule has 0 saturated carbocycles. The molecule has 1 atom stereocenters. The molecule has 0 aliphatic heterocycles. The molecule has 5 heteroatoms. The maximum atomic E-state index is 12.5. The summed E-state index contributed by atoms with van der Waals surface area (Å²) in [4.78, 5) is 22.5. The molecular formula is C18H17ClN2OS. The van der Waals surface area contributed by atoms with E-state index < -0.39 is 0 Å². The van der Waals surface area contributed by atoms with E-state index in [2.05, 4.69) is 11.9 Å². The standard InChI is InChI=1S/C18H17ClN2OS/c1-10-2-7-13-14(8-10)23-18-16(13)17(22)20-15(21-18)9-11-3-5-12(19)6-4-11/h3-6,10H,2,7-9H2,1H3,(H,20,21,22). The van der Waals surface area contributed by atoms with Gasteiger partial charge in [0.25, 0.3) is 5.56 Å². The number of nitrogens with zero attached hydrogens (tertiary/aromatic N) is 1. The van der Waals surface area contributed by atoms with Crippen molar-refractivity contribution in [3.63, 3.8) is 0 Å². The lowest BCUT2D eigenvalue weighted by Crippen LogP contribution is -2.14. The Bertz CT molecular complexity index is 927. The molecule has 1 aromatic carbocycles. The summed E-state index contributed by atoms with van der Waals surface area (Å²) >= 11 is 7.61. The summed E-state index contributed by atoms with van der Waals surface area (Å²) in [6, 6.07) is 7.65. The largest absolute Gasteiger partial charge is 0.310 e. The molecule has 0 saturated heterocycles. The number of benzene rings is 1.